The largest absolute Gasteiger partial charge is 0.393 e. The average Bonchev–Trinajstić information content (AvgIpc) is 2.50. The van der Waals surface area contributed by atoms with Crippen LogP contribution < -0.4 is 11.1 Å². The summed E-state index contributed by atoms with van der Waals surface area (Å²) >= 11 is 0. The molecule has 20 heavy (non-hydrogen) atoms. The molecule has 3 heteroatoms. The monoisotopic (exact) mass is 284 g/mol. The highest BCUT2D eigenvalue weighted by atomic mass is 16.3. The first kappa shape index (κ1) is 17.9. The molecule has 4 N–H and O–H groups in total. The summed E-state index contributed by atoms with van der Waals surface area (Å²) in [5.74, 6) is 0.796. The van der Waals surface area contributed by atoms with Crippen LogP contribution in [0.15, 0.2) is 0 Å². The van der Waals surface area contributed by atoms with E-state index >= 15 is 0 Å². The summed E-state index contributed by atoms with van der Waals surface area (Å²) in [6.45, 7) is 11.8. The Kier molecular flexibility index (Phi) is 6.49. The Bertz CT molecular complexity index is 285. The second-order valence-corrected chi connectivity index (χ2v) is 8.11. The van der Waals surface area contributed by atoms with Crippen LogP contribution in [0.25, 0.3) is 0 Å². The molecule has 0 saturated heterocycles. The molecule has 0 aromatic heterocycles. The van der Waals surface area contributed by atoms with Gasteiger partial charge in [0.05, 0.1) is 6.10 Å². The number of nitrogens with two attached hydrogens (primary N) is 1. The van der Waals surface area contributed by atoms with Crippen molar-refractivity contribution in [2.24, 2.45) is 17.1 Å². The summed E-state index contributed by atoms with van der Waals surface area (Å²) in [5, 5.41) is 13.3. The minimum atomic E-state index is -0.250. The Morgan fingerprint density at radius 1 is 1.25 bits per heavy atom. The normalized spacial score (nSPS) is 31.6. The van der Waals surface area contributed by atoms with E-state index in [-0.39, 0.29) is 11.6 Å². The summed E-state index contributed by atoms with van der Waals surface area (Å²) in [5.41, 5.74) is 6.59. The van der Waals surface area contributed by atoms with Gasteiger partial charge in [-0.15, -0.1) is 0 Å². The number of hydrogen-bond acceptors (Lipinski definition) is 3. The number of aliphatic hydroxyl groups excluding tert-OH is 1. The number of aliphatic hydroxyl groups is 1. The SMILES string of the molecule is CC(O)CC(C)NC1(CN)CCCC(C(C)(C)C)CC1. The molecule has 1 rings (SSSR count). The molecule has 3 nitrogen and oxygen atoms in total. The van der Waals surface area contributed by atoms with E-state index < -0.39 is 0 Å². The zero-order valence-corrected chi connectivity index (χ0v) is 14.2. The van der Waals surface area contributed by atoms with Gasteiger partial charge in [0.1, 0.15) is 0 Å². The van der Waals surface area contributed by atoms with E-state index in [0.29, 0.717) is 18.0 Å². The fraction of sp³-hybridized carbons (Fsp3) is 1.00. The highest BCUT2D eigenvalue weighted by molar-refractivity contribution is 4.95. The number of nitrogens with one attached hydrogen (secondary N) is 1. The second-order valence-electron chi connectivity index (χ2n) is 8.11. The molecule has 1 aliphatic carbocycles. The topological polar surface area (TPSA) is 58.3 Å². The average molecular weight is 284 g/mol. The van der Waals surface area contributed by atoms with Gasteiger partial charge in [0, 0.05) is 18.1 Å². The fourth-order valence-corrected chi connectivity index (χ4v) is 3.77. The zero-order valence-electron chi connectivity index (χ0n) is 14.2. The third-order valence-corrected chi connectivity index (χ3v) is 5.04. The van der Waals surface area contributed by atoms with Gasteiger partial charge in [0.25, 0.3) is 0 Å². The lowest BCUT2D eigenvalue weighted by atomic mass is 9.76. The molecule has 0 amide bonds. The maximum Gasteiger partial charge on any atom is 0.0526 e. The summed E-state index contributed by atoms with van der Waals surface area (Å²) in [4.78, 5) is 0. The minimum Gasteiger partial charge on any atom is -0.393 e. The standard InChI is InChI=1S/C17H36N2O/c1-13(11-14(2)20)19-17(12-18)9-6-7-15(8-10-17)16(3,4)5/h13-15,19-20H,6-12,18H2,1-5H3. The molecule has 0 heterocycles. The van der Waals surface area contributed by atoms with Crippen LogP contribution in [0.5, 0.6) is 0 Å². The molecule has 0 aromatic carbocycles. The zero-order chi connectivity index (χ0) is 15.4. The summed E-state index contributed by atoms with van der Waals surface area (Å²) in [6, 6.07) is 0.324. The van der Waals surface area contributed by atoms with E-state index in [1.54, 1.807) is 0 Å². The van der Waals surface area contributed by atoms with Gasteiger partial charge in [0.15, 0.2) is 0 Å². The molecule has 0 bridgehead atoms. The molecule has 4 atom stereocenters. The summed E-state index contributed by atoms with van der Waals surface area (Å²) in [7, 11) is 0. The van der Waals surface area contributed by atoms with Gasteiger partial charge in [-0.3, -0.25) is 0 Å². The first-order valence-corrected chi connectivity index (χ1v) is 8.34. The van der Waals surface area contributed by atoms with Crippen LogP contribution in [0.1, 0.15) is 73.1 Å². The second kappa shape index (κ2) is 7.24. The Morgan fingerprint density at radius 3 is 2.40 bits per heavy atom. The molecule has 1 fully saturated rings. The van der Waals surface area contributed by atoms with Crippen molar-refractivity contribution in [3.63, 3.8) is 0 Å². The molecule has 1 saturated carbocycles. The Labute approximate surface area is 125 Å². The Balaban J connectivity index is 2.65. The van der Waals surface area contributed by atoms with Gasteiger partial charge in [-0.25, -0.2) is 0 Å². The molecule has 0 aromatic rings. The van der Waals surface area contributed by atoms with Crippen LogP contribution in [0.3, 0.4) is 0 Å². The number of hydrogen-bond donors (Lipinski definition) is 3. The van der Waals surface area contributed by atoms with Crippen molar-refractivity contribution in [2.75, 3.05) is 6.54 Å². The van der Waals surface area contributed by atoms with Crippen molar-refractivity contribution in [3.05, 3.63) is 0 Å². The van der Waals surface area contributed by atoms with Crippen LogP contribution in [-0.4, -0.2) is 29.3 Å². The molecule has 0 radical (unpaired) electrons. The van der Waals surface area contributed by atoms with Crippen molar-refractivity contribution < 1.29 is 5.11 Å². The lowest BCUT2D eigenvalue weighted by Gasteiger charge is -2.37. The van der Waals surface area contributed by atoms with Crippen molar-refractivity contribution in [3.8, 4) is 0 Å². The highest BCUT2D eigenvalue weighted by Gasteiger charge is 2.36. The lowest BCUT2D eigenvalue weighted by molar-refractivity contribution is 0.153. The maximum absolute atomic E-state index is 9.54. The first-order valence-electron chi connectivity index (χ1n) is 8.34. The van der Waals surface area contributed by atoms with Gasteiger partial charge < -0.3 is 16.2 Å². The molecule has 0 spiro atoms. The molecular weight excluding hydrogens is 248 g/mol. The predicted molar refractivity (Wildman–Crippen MR) is 86.7 cm³/mol. The third-order valence-electron chi connectivity index (χ3n) is 5.04. The Morgan fingerprint density at radius 2 is 1.90 bits per heavy atom. The highest BCUT2D eigenvalue weighted by Crippen LogP contribution is 2.39. The van der Waals surface area contributed by atoms with E-state index in [0.717, 1.165) is 18.8 Å². The number of rotatable bonds is 5. The van der Waals surface area contributed by atoms with E-state index in [1.165, 1.54) is 25.7 Å². The van der Waals surface area contributed by atoms with Gasteiger partial charge in [0.2, 0.25) is 0 Å². The van der Waals surface area contributed by atoms with Crippen LogP contribution in [-0.2, 0) is 0 Å². The van der Waals surface area contributed by atoms with E-state index in [9.17, 15) is 5.11 Å². The quantitative estimate of drug-likeness (QED) is 0.680. The van der Waals surface area contributed by atoms with E-state index in [4.69, 9.17) is 5.73 Å². The molecule has 0 aliphatic heterocycles. The van der Waals surface area contributed by atoms with Crippen LogP contribution in [0, 0.1) is 11.3 Å². The fourth-order valence-electron chi connectivity index (χ4n) is 3.77. The molecular formula is C17H36N2O. The maximum atomic E-state index is 9.54. The predicted octanol–water partition coefficient (Wildman–Crippen LogP) is 3.06. The summed E-state index contributed by atoms with van der Waals surface area (Å²) in [6.07, 6.45) is 6.71. The Hall–Kier alpha value is -0.120. The van der Waals surface area contributed by atoms with Crippen molar-refractivity contribution in [1.29, 1.82) is 0 Å². The first-order chi connectivity index (χ1) is 9.18. The van der Waals surface area contributed by atoms with Crippen molar-refractivity contribution in [2.45, 2.75) is 90.8 Å². The van der Waals surface area contributed by atoms with Gasteiger partial charge in [-0.2, -0.15) is 0 Å². The minimum absolute atomic E-state index is 0.0777. The van der Waals surface area contributed by atoms with Gasteiger partial charge >= 0.3 is 0 Å². The van der Waals surface area contributed by atoms with Crippen LogP contribution in [0.4, 0.5) is 0 Å². The van der Waals surface area contributed by atoms with Crippen molar-refractivity contribution in [1.82, 2.24) is 5.32 Å². The van der Waals surface area contributed by atoms with Gasteiger partial charge in [-0.1, -0.05) is 27.2 Å². The molecule has 120 valence electrons. The van der Waals surface area contributed by atoms with Crippen LogP contribution in [0.2, 0.25) is 0 Å². The van der Waals surface area contributed by atoms with Crippen LogP contribution >= 0.6 is 0 Å². The van der Waals surface area contributed by atoms with E-state index in [2.05, 4.69) is 33.0 Å². The van der Waals surface area contributed by atoms with Gasteiger partial charge in [-0.05, 0) is 57.3 Å². The summed E-state index contributed by atoms with van der Waals surface area (Å²) < 4.78 is 0. The molecule has 1 aliphatic rings. The lowest BCUT2D eigenvalue weighted by Crippen LogP contribution is -2.54. The van der Waals surface area contributed by atoms with Crippen molar-refractivity contribution >= 4 is 0 Å². The van der Waals surface area contributed by atoms with E-state index in [1.807, 2.05) is 6.92 Å². The molecule has 4 unspecified atom stereocenters. The smallest absolute Gasteiger partial charge is 0.0526 e. The third kappa shape index (κ3) is 5.34.